The van der Waals surface area contributed by atoms with Crippen molar-refractivity contribution in [1.82, 2.24) is 9.97 Å². The molecule has 2 rings (SSSR count). The van der Waals surface area contributed by atoms with Crippen LogP contribution in [0.3, 0.4) is 0 Å². The molecule has 9 heteroatoms. The Kier molecular flexibility index (Phi) is 11.4. The molecule has 2 aromatic rings. The molecule has 2 heterocycles. The SMILES string of the molecule is CC(C)c1ccncc1.CC(C)c1ccncc1.O=[N][W]([F])([F])[N]=O. The second-order valence-corrected chi connectivity index (χ2v) is 9.50. The normalized spacial score (nSPS) is 10.9. The van der Waals surface area contributed by atoms with Crippen molar-refractivity contribution in [2.24, 2.45) is 7.47 Å². The van der Waals surface area contributed by atoms with Crippen LogP contribution < -0.4 is 0 Å². The summed E-state index contributed by atoms with van der Waals surface area (Å²) in [7, 11) is 0. The van der Waals surface area contributed by atoms with Crippen LogP contribution in [0.5, 0.6) is 0 Å². The second kappa shape index (κ2) is 12.4. The van der Waals surface area contributed by atoms with E-state index in [9.17, 15) is 6.32 Å². The molecule has 0 unspecified atom stereocenters. The molecular weight excluding hydrogens is 502 g/mol. The van der Waals surface area contributed by atoms with Gasteiger partial charge >= 0.3 is 41.2 Å². The van der Waals surface area contributed by atoms with E-state index in [1.54, 1.807) is 0 Å². The summed E-state index contributed by atoms with van der Waals surface area (Å²) in [5.74, 6) is 1.24. The fourth-order valence-corrected chi connectivity index (χ4v) is 1.61. The van der Waals surface area contributed by atoms with Crippen molar-refractivity contribution in [1.29, 1.82) is 0 Å². The first-order valence-corrected chi connectivity index (χ1v) is 12.3. The van der Waals surface area contributed by atoms with Gasteiger partial charge in [0.15, 0.2) is 0 Å². The number of hydrogen-bond donors (Lipinski definition) is 0. The summed E-state index contributed by atoms with van der Waals surface area (Å²) in [4.78, 5) is 25.6. The summed E-state index contributed by atoms with van der Waals surface area (Å²) in [5.41, 5.74) is 2.70. The first-order chi connectivity index (χ1) is 11.7. The third kappa shape index (κ3) is 11.3. The molecule has 138 valence electrons. The standard InChI is InChI=1S/2C8H11N.2FH.2NO.W/c2*1-7(2)8-3-5-9-6-4-8;;;2*1-2;/h2*3-7H,1-2H3;2*1H;;;/q;;;;2*-1;+4/p-2. The van der Waals surface area contributed by atoms with Crippen LogP contribution in [0.1, 0.15) is 50.7 Å². The maximum absolute atomic E-state index is 11.1. The van der Waals surface area contributed by atoms with E-state index in [0.717, 1.165) is 0 Å². The number of nitrogens with zero attached hydrogens (tertiary/aromatic N) is 4. The zero-order valence-corrected chi connectivity index (χ0v) is 17.5. The molecule has 25 heavy (non-hydrogen) atoms. The number of hydrogen-bond acceptors (Lipinski definition) is 6. The van der Waals surface area contributed by atoms with Crippen LogP contribution in [0.25, 0.3) is 0 Å². The van der Waals surface area contributed by atoms with E-state index in [1.165, 1.54) is 18.6 Å². The number of halogens is 2. The Morgan fingerprint density at radius 1 is 0.760 bits per heavy atom. The van der Waals surface area contributed by atoms with Crippen LogP contribution in [0.2, 0.25) is 0 Å². The number of rotatable bonds is 4. The average molecular weight is 524 g/mol. The van der Waals surface area contributed by atoms with Crippen LogP contribution in [-0.4, -0.2) is 9.97 Å². The van der Waals surface area contributed by atoms with Crippen molar-refractivity contribution in [3.8, 4) is 0 Å². The Bertz CT molecular complexity index is 561. The molecule has 0 radical (unpaired) electrons. The molecule has 0 bridgehead atoms. The summed E-state index contributed by atoms with van der Waals surface area (Å²) >= 11 is -6.13. The molecule has 0 aliphatic heterocycles. The Morgan fingerprint density at radius 3 is 1.16 bits per heavy atom. The van der Waals surface area contributed by atoms with E-state index < -0.39 is 17.6 Å². The van der Waals surface area contributed by atoms with Crippen LogP contribution in [0.15, 0.2) is 56.5 Å². The van der Waals surface area contributed by atoms with Crippen molar-refractivity contribution in [3.05, 3.63) is 70.0 Å². The molecule has 0 aromatic carbocycles. The fraction of sp³-hybridized carbons (Fsp3) is 0.375. The molecule has 0 aliphatic rings. The van der Waals surface area contributed by atoms with Gasteiger partial charge in [-0.3, -0.25) is 9.97 Å². The zero-order valence-electron chi connectivity index (χ0n) is 14.5. The van der Waals surface area contributed by atoms with Gasteiger partial charge in [-0.25, -0.2) is 0 Å². The first-order valence-electron chi connectivity index (χ1n) is 7.45. The topological polar surface area (TPSA) is 84.6 Å². The van der Waals surface area contributed by atoms with Crippen molar-refractivity contribution in [2.75, 3.05) is 0 Å². The van der Waals surface area contributed by atoms with E-state index in [4.69, 9.17) is 9.81 Å². The van der Waals surface area contributed by atoms with Crippen LogP contribution in [0.4, 0.5) is 6.32 Å². The predicted molar refractivity (Wildman–Crippen MR) is 90.5 cm³/mol. The summed E-state index contributed by atoms with van der Waals surface area (Å²) < 4.78 is 24.8. The second-order valence-electron chi connectivity index (χ2n) is 5.44. The summed E-state index contributed by atoms with van der Waals surface area (Å²) in [6, 6.07) is 8.19. The van der Waals surface area contributed by atoms with Gasteiger partial charge in [0.05, 0.1) is 0 Å². The third-order valence-electron chi connectivity index (χ3n) is 2.92. The molecule has 0 spiro atoms. The van der Waals surface area contributed by atoms with Gasteiger partial charge in [0.25, 0.3) is 0 Å². The molecule has 0 amide bonds. The average Bonchev–Trinajstić information content (AvgIpc) is 2.64. The fourth-order valence-electron chi connectivity index (χ4n) is 1.51. The van der Waals surface area contributed by atoms with Crippen LogP contribution >= 0.6 is 0 Å². The predicted octanol–water partition coefficient (Wildman–Crippen LogP) is 5.68. The molecule has 0 aliphatic carbocycles. The number of pyridine rings is 2. The number of nitroso groups, excluding NO2 is 2. The minimum absolute atomic E-state index is 0.619. The molecule has 0 saturated carbocycles. The van der Waals surface area contributed by atoms with Crippen LogP contribution in [-0.2, 0) is 17.6 Å². The Balaban J connectivity index is 0.000000350. The van der Waals surface area contributed by atoms with Gasteiger partial charge in [0.1, 0.15) is 0 Å². The molecule has 6 nitrogen and oxygen atoms in total. The summed E-state index contributed by atoms with van der Waals surface area (Å²) in [6.45, 7) is 8.70. The molecule has 0 N–H and O–H groups in total. The maximum atomic E-state index is 11.1. The molecule has 0 fully saturated rings. The van der Waals surface area contributed by atoms with E-state index in [-0.39, 0.29) is 0 Å². The van der Waals surface area contributed by atoms with Gasteiger partial charge in [-0.05, 0) is 47.2 Å². The Morgan fingerprint density at radius 2 is 1.04 bits per heavy atom. The van der Waals surface area contributed by atoms with Crippen molar-refractivity contribution < 1.29 is 23.9 Å². The van der Waals surface area contributed by atoms with Crippen LogP contribution in [0, 0.1) is 9.81 Å². The molecule has 0 saturated heterocycles. The zero-order chi connectivity index (χ0) is 19.3. The number of aromatic nitrogens is 2. The van der Waals surface area contributed by atoms with E-state index in [2.05, 4.69) is 37.7 Å². The van der Waals surface area contributed by atoms with Gasteiger partial charge in [-0.2, -0.15) is 0 Å². The first kappa shape index (κ1) is 23.0. The molecule has 0 atom stereocenters. The van der Waals surface area contributed by atoms with Gasteiger partial charge in [-0.1, -0.05) is 27.7 Å². The minimum atomic E-state index is -6.13. The van der Waals surface area contributed by atoms with Gasteiger partial charge in [0.2, 0.25) is 0 Å². The van der Waals surface area contributed by atoms with Gasteiger partial charge in [-0.15, -0.1) is 0 Å². The summed E-state index contributed by atoms with van der Waals surface area (Å²) in [6.07, 6.45) is 7.31. The summed E-state index contributed by atoms with van der Waals surface area (Å²) in [5, 5.41) is 0. The molecular formula is C16H22F2N4O2W. The van der Waals surface area contributed by atoms with Gasteiger partial charge < -0.3 is 0 Å². The van der Waals surface area contributed by atoms with E-state index >= 15 is 0 Å². The molecule has 2 aromatic heterocycles. The Hall–Kier alpha value is -1.95. The van der Waals surface area contributed by atoms with Crippen molar-refractivity contribution in [2.45, 2.75) is 39.5 Å². The van der Waals surface area contributed by atoms with E-state index in [1.807, 2.05) is 49.1 Å². The monoisotopic (exact) mass is 524 g/mol. The third-order valence-corrected chi connectivity index (χ3v) is 4.21. The Labute approximate surface area is 151 Å². The quantitative estimate of drug-likeness (QED) is 0.482. The van der Waals surface area contributed by atoms with E-state index in [0.29, 0.717) is 11.8 Å². The van der Waals surface area contributed by atoms with Crippen molar-refractivity contribution >= 4 is 0 Å². The van der Waals surface area contributed by atoms with Crippen molar-refractivity contribution in [3.63, 3.8) is 0 Å². The van der Waals surface area contributed by atoms with Gasteiger partial charge in [0, 0.05) is 24.8 Å².